The largest absolute Gasteiger partial charge is 0.478 e. The first-order valence-electron chi connectivity index (χ1n) is 9.00. The Morgan fingerprint density at radius 2 is 1.71 bits per heavy atom. The fourth-order valence-corrected chi connectivity index (χ4v) is 3.85. The zero-order valence-electron chi connectivity index (χ0n) is 14.0. The quantitative estimate of drug-likeness (QED) is 0.793. The van der Waals surface area contributed by atoms with E-state index in [1.54, 1.807) is 12.1 Å². The van der Waals surface area contributed by atoms with Crippen molar-refractivity contribution < 1.29 is 14.7 Å². The molecule has 1 saturated heterocycles. The Balaban J connectivity index is 1.48. The second-order valence-electron chi connectivity index (χ2n) is 6.99. The third kappa shape index (κ3) is 4.15. The highest BCUT2D eigenvalue weighted by Crippen LogP contribution is 2.33. The Morgan fingerprint density at radius 3 is 2.29 bits per heavy atom. The first-order valence-corrected chi connectivity index (χ1v) is 9.00. The molecule has 3 rings (SSSR count). The Labute approximate surface area is 142 Å². The van der Waals surface area contributed by atoms with E-state index in [-0.39, 0.29) is 18.0 Å². The van der Waals surface area contributed by atoms with Gasteiger partial charge in [-0.3, -0.25) is 4.79 Å². The van der Waals surface area contributed by atoms with Gasteiger partial charge in [-0.25, -0.2) is 4.79 Å². The van der Waals surface area contributed by atoms with Crippen molar-refractivity contribution in [3.63, 3.8) is 0 Å². The topological polar surface area (TPSA) is 78.4 Å². The molecule has 3 N–H and O–H groups in total. The van der Waals surface area contributed by atoms with Crippen LogP contribution in [-0.2, 0) is 4.79 Å². The number of nitrogens with one attached hydrogen (secondary N) is 2. The van der Waals surface area contributed by atoms with Crippen LogP contribution in [0.3, 0.4) is 0 Å². The van der Waals surface area contributed by atoms with Crippen molar-refractivity contribution in [3.05, 3.63) is 35.4 Å². The van der Waals surface area contributed by atoms with E-state index in [4.69, 9.17) is 5.11 Å². The summed E-state index contributed by atoms with van der Waals surface area (Å²) >= 11 is 0. The van der Waals surface area contributed by atoms with Gasteiger partial charge in [-0.1, -0.05) is 18.6 Å². The fraction of sp³-hybridized carbons (Fsp3) is 0.579. The number of carbonyl (C=O) groups excluding carboxylic acids is 1. The van der Waals surface area contributed by atoms with Crippen LogP contribution in [0, 0.1) is 0 Å². The molecule has 1 heterocycles. The van der Waals surface area contributed by atoms with Crippen molar-refractivity contribution in [2.75, 3.05) is 6.54 Å². The highest BCUT2D eigenvalue weighted by Gasteiger charge is 2.27. The minimum atomic E-state index is -0.885. The van der Waals surface area contributed by atoms with Gasteiger partial charge >= 0.3 is 5.97 Å². The van der Waals surface area contributed by atoms with Crippen LogP contribution in [0.1, 0.15) is 66.8 Å². The summed E-state index contributed by atoms with van der Waals surface area (Å²) in [7, 11) is 0. The predicted molar refractivity (Wildman–Crippen MR) is 92.2 cm³/mol. The van der Waals surface area contributed by atoms with E-state index in [2.05, 4.69) is 10.6 Å². The molecular weight excluding hydrogens is 304 g/mol. The van der Waals surface area contributed by atoms with E-state index in [1.165, 1.54) is 5.56 Å². The summed E-state index contributed by atoms with van der Waals surface area (Å²) in [5.41, 5.74) is 1.54. The van der Waals surface area contributed by atoms with Gasteiger partial charge in [0.15, 0.2) is 0 Å². The van der Waals surface area contributed by atoms with Crippen LogP contribution >= 0.6 is 0 Å². The van der Waals surface area contributed by atoms with E-state index in [0.717, 1.165) is 51.5 Å². The number of rotatable bonds is 4. The van der Waals surface area contributed by atoms with Gasteiger partial charge in [0.05, 0.1) is 11.6 Å². The summed E-state index contributed by atoms with van der Waals surface area (Å²) < 4.78 is 0. The first kappa shape index (κ1) is 17.0. The molecule has 0 radical (unpaired) electrons. The summed E-state index contributed by atoms with van der Waals surface area (Å²) in [6.45, 7) is 0.942. The lowest BCUT2D eigenvalue weighted by Gasteiger charge is -2.31. The lowest BCUT2D eigenvalue weighted by Crippen LogP contribution is -2.50. The van der Waals surface area contributed by atoms with E-state index in [1.807, 2.05) is 12.1 Å². The molecule has 1 aromatic rings. The van der Waals surface area contributed by atoms with Crippen LogP contribution in [0.25, 0.3) is 0 Å². The predicted octanol–water partition coefficient (Wildman–Crippen LogP) is 2.67. The van der Waals surface area contributed by atoms with E-state index < -0.39 is 5.97 Å². The third-order valence-electron chi connectivity index (χ3n) is 5.33. The number of benzene rings is 1. The van der Waals surface area contributed by atoms with Crippen molar-refractivity contribution in [2.45, 2.75) is 62.9 Å². The van der Waals surface area contributed by atoms with Gasteiger partial charge in [-0.2, -0.15) is 0 Å². The molecule has 2 aliphatic rings. The van der Waals surface area contributed by atoms with Gasteiger partial charge in [0, 0.05) is 6.04 Å². The molecule has 1 saturated carbocycles. The zero-order chi connectivity index (χ0) is 16.9. The third-order valence-corrected chi connectivity index (χ3v) is 5.33. The molecule has 0 bridgehead atoms. The van der Waals surface area contributed by atoms with Gasteiger partial charge < -0.3 is 15.7 Å². The van der Waals surface area contributed by atoms with Crippen LogP contribution in [-0.4, -0.2) is 35.6 Å². The monoisotopic (exact) mass is 330 g/mol. The molecule has 1 aromatic carbocycles. The molecule has 130 valence electrons. The molecule has 1 aliphatic carbocycles. The van der Waals surface area contributed by atoms with Crippen LogP contribution < -0.4 is 10.6 Å². The number of hydrogen-bond donors (Lipinski definition) is 3. The van der Waals surface area contributed by atoms with Gasteiger partial charge in [-0.05, 0) is 68.7 Å². The molecule has 24 heavy (non-hydrogen) atoms. The SMILES string of the molecule is O=C(O)c1ccc(C2CCC(NC(=O)[C@H]3CCCCN3)CC2)cc1. The van der Waals surface area contributed by atoms with Gasteiger partial charge in [0.1, 0.15) is 0 Å². The van der Waals surface area contributed by atoms with Gasteiger partial charge in [-0.15, -0.1) is 0 Å². The first-order chi connectivity index (χ1) is 11.6. The number of carbonyl (C=O) groups is 2. The van der Waals surface area contributed by atoms with Crippen molar-refractivity contribution in [3.8, 4) is 0 Å². The second-order valence-corrected chi connectivity index (χ2v) is 6.99. The van der Waals surface area contributed by atoms with Crippen molar-refractivity contribution in [1.82, 2.24) is 10.6 Å². The van der Waals surface area contributed by atoms with E-state index >= 15 is 0 Å². The molecule has 0 spiro atoms. The van der Waals surface area contributed by atoms with Crippen molar-refractivity contribution in [1.29, 1.82) is 0 Å². The van der Waals surface area contributed by atoms with Gasteiger partial charge in [0.25, 0.3) is 0 Å². The molecular formula is C19H26N2O3. The smallest absolute Gasteiger partial charge is 0.335 e. The summed E-state index contributed by atoms with van der Waals surface area (Å²) in [6.07, 6.45) is 7.29. The van der Waals surface area contributed by atoms with Crippen molar-refractivity contribution in [2.24, 2.45) is 0 Å². The van der Waals surface area contributed by atoms with Crippen molar-refractivity contribution >= 4 is 11.9 Å². The summed E-state index contributed by atoms with van der Waals surface area (Å²) in [4.78, 5) is 23.2. The van der Waals surface area contributed by atoms with E-state index in [0.29, 0.717) is 11.5 Å². The fourth-order valence-electron chi connectivity index (χ4n) is 3.85. The molecule has 5 nitrogen and oxygen atoms in total. The van der Waals surface area contributed by atoms with Crippen LogP contribution in [0.15, 0.2) is 24.3 Å². The number of carboxylic acid groups (broad SMARTS) is 1. The molecule has 5 heteroatoms. The Morgan fingerprint density at radius 1 is 1.00 bits per heavy atom. The summed E-state index contributed by atoms with van der Waals surface area (Å²) in [5, 5.41) is 15.5. The molecule has 1 aliphatic heterocycles. The van der Waals surface area contributed by atoms with Crippen LogP contribution in [0.5, 0.6) is 0 Å². The average Bonchev–Trinajstić information content (AvgIpc) is 2.63. The Hall–Kier alpha value is -1.88. The molecule has 2 fully saturated rings. The summed E-state index contributed by atoms with van der Waals surface area (Å²) in [6, 6.07) is 7.48. The maximum atomic E-state index is 12.3. The minimum absolute atomic E-state index is 0.0139. The Kier molecular flexibility index (Phi) is 5.51. The highest BCUT2D eigenvalue weighted by molar-refractivity contribution is 5.87. The maximum Gasteiger partial charge on any atom is 0.335 e. The second kappa shape index (κ2) is 7.79. The minimum Gasteiger partial charge on any atom is -0.478 e. The lowest BCUT2D eigenvalue weighted by molar-refractivity contribution is -0.124. The lowest BCUT2D eigenvalue weighted by atomic mass is 9.81. The number of aromatic carboxylic acids is 1. The molecule has 0 aromatic heterocycles. The molecule has 0 unspecified atom stereocenters. The molecule has 1 atom stereocenters. The average molecular weight is 330 g/mol. The number of carboxylic acids is 1. The zero-order valence-corrected chi connectivity index (χ0v) is 14.0. The number of hydrogen-bond acceptors (Lipinski definition) is 3. The van der Waals surface area contributed by atoms with Gasteiger partial charge in [0.2, 0.25) is 5.91 Å². The van der Waals surface area contributed by atoms with Crippen LogP contribution in [0.4, 0.5) is 0 Å². The summed E-state index contributed by atoms with van der Waals surface area (Å²) in [5.74, 6) is -0.262. The number of piperidine rings is 1. The van der Waals surface area contributed by atoms with E-state index in [9.17, 15) is 9.59 Å². The highest BCUT2D eigenvalue weighted by atomic mass is 16.4. The Bertz CT molecular complexity index is 571. The molecule has 1 amide bonds. The number of amides is 1. The van der Waals surface area contributed by atoms with Crippen LogP contribution in [0.2, 0.25) is 0 Å². The normalized spacial score (nSPS) is 27.4. The maximum absolute atomic E-state index is 12.3. The standard InChI is InChI=1S/C19H26N2O3/c22-18(17-3-1-2-12-20-17)21-16-10-8-14(9-11-16)13-4-6-15(7-5-13)19(23)24/h4-7,14,16-17,20H,1-3,8-12H2,(H,21,22)(H,23,24)/t14?,16?,17-/m1/s1.